The Hall–Kier alpha value is -4.04. The van der Waals surface area contributed by atoms with Crippen LogP contribution in [0.1, 0.15) is 22.1 Å². The number of carbonyl (C=O) groups is 3. The summed E-state index contributed by atoms with van der Waals surface area (Å²) in [5, 5.41) is 9.09. The molecule has 1 aromatic heterocycles. The molecular weight excluding hydrogens is 631 g/mol. The molecule has 13 heteroatoms. The van der Waals surface area contributed by atoms with Gasteiger partial charge in [0, 0.05) is 29.3 Å². The molecule has 10 nitrogen and oxygen atoms in total. The van der Waals surface area contributed by atoms with Crippen molar-refractivity contribution in [3.63, 3.8) is 0 Å². The largest absolute Gasteiger partial charge is 0.448 e. The fraction of sp³-hybridized carbons (Fsp3) is 0.281. The van der Waals surface area contributed by atoms with Gasteiger partial charge in [0.1, 0.15) is 17.1 Å². The van der Waals surface area contributed by atoms with Crippen LogP contribution in [-0.4, -0.2) is 82.4 Å². The molecule has 0 aliphatic carbocycles. The van der Waals surface area contributed by atoms with Crippen molar-refractivity contribution < 1.29 is 23.9 Å². The molecule has 2 saturated heterocycles. The Morgan fingerprint density at radius 1 is 1.04 bits per heavy atom. The number of amides is 2. The average molecular weight is 662 g/mol. The lowest BCUT2D eigenvalue weighted by Gasteiger charge is -2.49. The van der Waals surface area contributed by atoms with Gasteiger partial charge in [-0.05, 0) is 34.8 Å². The topological polar surface area (TPSA) is 113 Å². The lowest BCUT2D eigenvalue weighted by Crippen LogP contribution is -2.70. The lowest BCUT2D eigenvalue weighted by atomic mass is 10.0. The van der Waals surface area contributed by atoms with E-state index in [1.807, 2.05) is 83.1 Å². The van der Waals surface area contributed by atoms with Crippen LogP contribution in [0.25, 0.3) is 0 Å². The molecule has 2 fully saturated rings. The van der Waals surface area contributed by atoms with E-state index in [0.717, 1.165) is 16.0 Å². The van der Waals surface area contributed by atoms with E-state index >= 15 is 0 Å². The minimum Gasteiger partial charge on any atom is -0.448 e. The summed E-state index contributed by atoms with van der Waals surface area (Å²) in [5.41, 5.74) is 5.08. The van der Waals surface area contributed by atoms with Crippen LogP contribution in [0.4, 0.5) is 0 Å². The molecule has 1 unspecified atom stereocenters. The van der Waals surface area contributed by atoms with Crippen molar-refractivity contribution in [2.45, 2.75) is 23.9 Å². The van der Waals surface area contributed by atoms with Gasteiger partial charge in [-0.2, -0.15) is 5.10 Å². The van der Waals surface area contributed by atoms with Gasteiger partial charge in [0.2, 0.25) is 5.91 Å². The molecule has 45 heavy (non-hydrogen) atoms. The predicted molar refractivity (Wildman–Crippen MR) is 178 cm³/mol. The van der Waals surface area contributed by atoms with Crippen LogP contribution in [0.15, 0.2) is 94.5 Å². The van der Waals surface area contributed by atoms with E-state index in [1.54, 1.807) is 0 Å². The second-order valence-electron chi connectivity index (χ2n) is 10.5. The number of fused-ring (bicyclic) bond motifs is 1. The number of morpholine rings is 1. The maximum absolute atomic E-state index is 14.1. The Morgan fingerprint density at radius 2 is 1.73 bits per heavy atom. The van der Waals surface area contributed by atoms with Gasteiger partial charge in [-0.25, -0.2) is 4.79 Å². The number of thiophene rings is 1. The van der Waals surface area contributed by atoms with Crippen LogP contribution in [0.3, 0.4) is 0 Å². The molecular formula is C32H31N5O5S3. The third-order valence-electron chi connectivity index (χ3n) is 7.53. The van der Waals surface area contributed by atoms with Crippen molar-refractivity contribution in [1.82, 2.24) is 20.5 Å². The molecule has 2 N–H and O–H groups in total. The fourth-order valence-electron chi connectivity index (χ4n) is 5.28. The Balaban J connectivity index is 1.25. The number of hydrazone groups is 1. The molecule has 232 valence electrons. The first-order valence-electron chi connectivity index (χ1n) is 14.5. The number of thiocarbonyl (C=S) groups is 1. The maximum atomic E-state index is 14.1. The lowest BCUT2D eigenvalue weighted by molar-refractivity contribution is -0.154. The van der Waals surface area contributed by atoms with Crippen LogP contribution in [0, 0.1) is 0 Å². The Morgan fingerprint density at radius 3 is 2.38 bits per heavy atom. The summed E-state index contributed by atoms with van der Waals surface area (Å²) in [7, 11) is 0. The van der Waals surface area contributed by atoms with Gasteiger partial charge in [0.15, 0.2) is 11.2 Å². The number of β-lactam (4-membered cyclic amide) rings is 1. The third-order valence-corrected chi connectivity index (χ3v) is 10.1. The number of nitrogens with one attached hydrogen (secondary N) is 2. The van der Waals surface area contributed by atoms with Crippen molar-refractivity contribution in [2.75, 3.05) is 32.1 Å². The van der Waals surface area contributed by atoms with Crippen molar-refractivity contribution in [3.05, 3.63) is 105 Å². The minimum atomic E-state index is -0.755. The molecule has 2 amide bonds. The van der Waals surface area contributed by atoms with Crippen molar-refractivity contribution in [2.24, 2.45) is 5.10 Å². The maximum Gasteiger partial charge on any atom is 0.356 e. The van der Waals surface area contributed by atoms with E-state index in [9.17, 15) is 14.4 Å². The molecule has 0 radical (unpaired) electrons. The molecule has 0 spiro atoms. The molecule has 3 aliphatic rings. The van der Waals surface area contributed by atoms with Crippen molar-refractivity contribution >= 4 is 64.4 Å². The highest BCUT2D eigenvalue weighted by molar-refractivity contribution is 8.00. The molecule has 3 aliphatic heterocycles. The van der Waals surface area contributed by atoms with Crippen LogP contribution in [-0.2, 0) is 30.3 Å². The van der Waals surface area contributed by atoms with E-state index in [0.29, 0.717) is 42.7 Å². The van der Waals surface area contributed by atoms with E-state index < -0.39 is 23.5 Å². The number of esters is 1. The van der Waals surface area contributed by atoms with Gasteiger partial charge in [-0.3, -0.25) is 19.9 Å². The van der Waals surface area contributed by atoms with Crippen molar-refractivity contribution in [3.8, 4) is 0 Å². The molecule has 2 aromatic carbocycles. The van der Waals surface area contributed by atoms with Crippen molar-refractivity contribution in [1.29, 1.82) is 0 Å². The fourth-order valence-corrected chi connectivity index (χ4v) is 7.51. The highest BCUT2D eigenvalue weighted by Gasteiger charge is 2.54. The monoisotopic (exact) mass is 661 g/mol. The van der Waals surface area contributed by atoms with Crippen LogP contribution in [0.5, 0.6) is 0 Å². The zero-order chi connectivity index (χ0) is 31.2. The van der Waals surface area contributed by atoms with E-state index in [-0.39, 0.29) is 23.9 Å². The standard InChI is InChI=1S/C32H31N5O5S3/c38-25(18-24-12-7-17-44-24)34-26-29(39)37-27(23(20-45-30(26)37)19-33-35-32(43)36-13-15-41-16-14-36)31(40)42-28(21-8-3-1-4-9-21)22-10-5-2-6-11-22/h1-12,17,19,26,28,30H,13-16,18,20H2,(H,34,38)(H,35,43)/t26?,30-/m0/s1. The Bertz CT molecular complexity index is 1550. The summed E-state index contributed by atoms with van der Waals surface area (Å²) < 4.78 is 11.6. The van der Waals surface area contributed by atoms with Gasteiger partial charge >= 0.3 is 5.97 Å². The number of carbonyl (C=O) groups excluding carboxylic acids is 3. The van der Waals surface area contributed by atoms with Crippen LogP contribution in [0.2, 0.25) is 0 Å². The van der Waals surface area contributed by atoms with Crippen LogP contribution >= 0.6 is 35.3 Å². The van der Waals surface area contributed by atoms with E-state index in [1.165, 1.54) is 34.2 Å². The number of hydrogen-bond acceptors (Lipinski definition) is 9. The third kappa shape index (κ3) is 7.12. The zero-order valence-electron chi connectivity index (χ0n) is 24.2. The Labute approximate surface area is 274 Å². The summed E-state index contributed by atoms with van der Waals surface area (Å²) in [6.07, 6.45) is 0.998. The summed E-state index contributed by atoms with van der Waals surface area (Å²) in [4.78, 5) is 44.7. The molecule has 0 bridgehead atoms. The van der Waals surface area contributed by atoms with Gasteiger partial charge < -0.3 is 19.7 Å². The highest BCUT2D eigenvalue weighted by atomic mass is 32.2. The number of ether oxygens (including phenoxy) is 2. The second kappa shape index (κ2) is 14.4. The number of benzene rings is 2. The highest BCUT2D eigenvalue weighted by Crippen LogP contribution is 2.41. The average Bonchev–Trinajstić information content (AvgIpc) is 3.59. The predicted octanol–water partition coefficient (Wildman–Crippen LogP) is 3.47. The van der Waals surface area contributed by atoms with E-state index in [2.05, 4.69) is 15.8 Å². The number of nitrogens with zero attached hydrogens (tertiary/aromatic N) is 3. The molecule has 0 saturated carbocycles. The number of hydrogen-bond donors (Lipinski definition) is 2. The number of rotatable bonds is 9. The molecule has 2 atom stereocenters. The SMILES string of the molecule is O=C(Cc1cccs1)NC1C(=O)N2C(C(=O)OC(c3ccccc3)c3ccccc3)=C(C=NNC(=S)N3CCOCC3)CS[C@@H]12. The normalized spacial score (nSPS) is 19.7. The summed E-state index contributed by atoms with van der Waals surface area (Å²) in [6, 6.07) is 21.9. The molecule has 4 heterocycles. The quantitative estimate of drug-likeness (QED) is 0.117. The van der Waals surface area contributed by atoms with E-state index in [4.69, 9.17) is 21.7 Å². The summed E-state index contributed by atoms with van der Waals surface area (Å²) >= 11 is 8.42. The molecule has 6 rings (SSSR count). The van der Waals surface area contributed by atoms with Gasteiger partial charge in [-0.1, -0.05) is 66.7 Å². The van der Waals surface area contributed by atoms with Gasteiger partial charge in [0.25, 0.3) is 5.91 Å². The summed E-state index contributed by atoms with van der Waals surface area (Å²) in [6.45, 7) is 2.47. The zero-order valence-corrected chi connectivity index (χ0v) is 26.6. The first-order valence-corrected chi connectivity index (χ1v) is 16.8. The second-order valence-corrected chi connectivity index (χ2v) is 13.0. The Kier molecular flexibility index (Phi) is 9.89. The minimum absolute atomic E-state index is 0.104. The molecule has 3 aromatic rings. The first-order chi connectivity index (χ1) is 22.0. The van der Waals surface area contributed by atoms with Gasteiger partial charge in [-0.15, -0.1) is 23.1 Å². The van der Waals surface area contributed by atoms with Gasteiger partial charge in [0.05, 0.1) is 25.8 Å². The number of thioether (sulfide) groups is 1. The summed E-state index contributed by atoms with van der Waals surface area (Å²) in [5.74, 6) is -0.914. The van der Waals surface area contributed by atoms with Crippen LogP contribution < -0.4 is 10.7 Å². The smallest absolute Gasteiger partial charge is 0.356 e. The first kappa shape index (κ1) is 31.0.